The maximum Gasteiger partial charge on any atom is 0.246 e. The molecule has 1 fully saturated rings. The first kappa shape index (κ1) is 14.9. The largest absolute Gasteiger partial charge is 0.246 e. The average Bonchev–Trinajstić information content (AvgIpc) is 3.08. The maximum atomic E-state index is 13.9. The Morgan fingerprint density at radius 1 is 1.42 bits per heavy atom. The number of rotatable bonds is 5. The highest BCUT2D eigenvalue weighted by molar-refractivity contribution is 9.10. The molecule has 2 rings (SSSR count). The van der Waals surface area contributed by atoms with Gasteiger partial charge in [-0.1, -0.05) is 15.9 Å². The molecule has 0 N–H and O–H groups in total. The molecule has 0 radical (unpaired) electrons. The molecule has 0 aliphatic heterocycles. The Hall–Kier alpha value is -0.460. The van der Waals surface area contributed by atoms with Crippen LogP contribution in [0, 0.1) is 11.7 Å². The van der Waals surface area contributed by atoms with Gasteiger partial charge in [-0.05, 0) is 50.8 Å². The molecule has 6 heteroatoms. The number of nitrogens with zero attached hydrogens (tertiary/aromatic N) is 1. The van der Waals surface area contributed by atoms with Crippen molar-refractivity contribution in [3.05, 3.63) is 28.5 Å². The van der Waals surface area contributed by atoms with Gasteiger partial charge < -0.3 is 0 Å². The average molecular weight is 350 g/mol. The van der Waals surface area contributed by atoms with Crippen LogP contribution in [-0.4, -0.2) is 25.3 Å². The van der Waals surface area contributed by atoms with Gasteiger partial charge in [0.1, 0.15) is 10.7 Å². The third-order valence-corrected chi connectivity index (χ3v) is 5.76. The molecular formula is C13H17BrFNO2S. The Bertz CT molecular complexity index is 570. The summed E-state index contributed by atoms with van der Waals surface area (Å²) in [5.41, 5.74) is 0. The zero-order chi connectivity index (χ0) is 14.2. The van der Waals surface area contributed by atoms with Crippen LogP contribution in [0.1, 0.15) is 26.7 Å². The van der Waals surface area contributed by atoms with E-state index in [9.17, 15) is 12.8 Å². The lowest BCUT2D eigenvalue weighted by molar-refractivity contribution is 0.340. The Morgan fingerprint density at radius 2 is 2.05 bits per heavy atom. The summed E-state index contributed by atoms with van der Waals surface area (Å²) in [4.78, 5) is -0.245. The summed E-state index contributed by atoms with van der Waals surface area (Å²) in [6.07, 6.45) is 2.11. The second kappa shape index (κ2) is 5.50. The molecule has 1 aromatic rings. The molecule has 0 aromatic heterocycles. The lowest BCUT2D eigenvalue weighted by Gasteiger charge is -2.26. The van der Waals surface area contributed by atoms with Crippen molar-refractivity contribution in [1.29, 1.82) is 0 Å². The number of hydrogen-bond acceptors (Lipinski definition) is 2. The van der Waals surface area contributed by atoms with Crippen LogP contribution in [0.15, 0.2) is 27.6 Å². The van der Waals surface area contributed by atoms with Crippen LogP contribution in [0.2, 0.25) is 0 Å². The van der Waals surface area contributed by atoms with Gasteiger partial charge in [0.2, 0.25) is 10.0 Å². The van der Waals surface area contributed by atoms with Gasteiger partial charge in [0.25, 0.3) is 0 Å². The monoisotopic (exact) mass is 349 g/mol. The van der Waals surface area contributed by atoms with Crippen LogP contribution >= 0.6 is 15.9 Å². The second-order valence-corrected chi connectivity index (χ2v) is 7.96. The van der Waals surface area contributed by atoms with Gasteiger partial charge in [-0.2, -0.15) is 4.31 Å². The maximum absolute atomic E-state index is 13.9. The van der Waals surface area contributed by atoms with Crippen molar-refractivity contribution in [3.63, 3.8) is 0 Å². The summed E-state index contributed by atoms with van der Waals surface area (Å²) < 4.78 is 40.9. The first-order valence-corrected chi connectivity index (χ1v) is 8.52. The van der Waals surface area contributed by atoms with Gasteiger partial charge in [0.15, 0.2) is 0 Å². The van der Waals surface area contributed by atoms with Crippen molar-refractivity contribution in [2.45, 2.75) is 37.6 Å². The van der Waals surface area contributed by atoms with Crippen LogP contribution in [0.5, 0.6) is 0 Å². The van der Waals surface area contributed by atoms with E-state index in [1.807, 2.05) is 13.8 Å². The summed E-state index contributed by atoms with van der Waals surface area (Å²) in [5.74, 6) is -0.286. The molecule has 1 aliphatic carbocycles. The van der Waals surface area contributed by atoms with Crippen LogP contribution in [0.4, 0.5) is 4.39 Å². The van der Waals surface area contributed by atoms with Crippen LogP contribution < -0.4 is 0 Å². The second-order valence-electron chi connectivity index (χ2n) is 5.19. The molecule has 0 amide bonds. The van der Waals surface area contributed by atoms with E-state index in [-0.39, 0.29) is 10.9 Å². The molecule has 19 heavy (non-hydrogen) atoms. The van der Waals surface area contributed by atoms with E-state index in [0.717, 1.165) is 12.8 Å². The van der Waals surface area contributed by atoms with Crippen LogP contribution in [-0.2, 0) is 10.0 Å². The highest BCUT2D eigenvalue weighted by Crippen LogP contribution is 2.33. The van der Waals surface area contributed by atoms with E-state index in [4.69, 9.17) is 0 Å². The van der Waals surface area contributed by atoms with E-state index in [2.05, 4.69) is 15.9 Å². The Labute approximate surface area is 122 Å². The van der Waals surface area contributed by atoms with Gasteiger partial charge >= 0.3 is 0 Å². The van der Waals surface area contributed by atoms with E-state index in [0.29, 0.717) is 16.9 Å². The van der Waals surface area contributed by atoms with Crippen molar-refractivity contribution in [3.8, 4) is 0 Å². The minimum atomic E-state index is -3.77. The summed E-state index contributed by atoms with van der Waals surface area (Å²) in [6, 6.07) is 3.87. The number of hydrogen-bond donors (Lipinski definition) is 0. The van der Waals surface area contributed by atoms with Crippen molar-refractivity contribution in [2.75, 3.05) is 6.54 Å². The molecule has 0 saturated heterocycles. The Balaban J connectivity index is 2.37. The SMILES string of the molecule is CC(C)N(CC1CC1)S(=O)(=O)c1ccc(Br)cc1F. The third-order valence-electron chi connectivity index (χ3n) is 3.19. The van der Waals surface area contributed by atoms with E-state index in [1.54, 1.807) is 6.07 Å². The normalized spacial score (nSPS) is 16.3. The number of benzene rings is 1. The van der Waals surface area contributed by atoms with Gasteiger partial charge in [0.05, 0.1) is 0 Å². The fourth-order valence-electron chi connectivity index (χ4n) is 1.95. The van der Waals surface area contributed by atoms with Gasteiger partial charge in [-0.3, -0.25) is 0 Å². The number of sulfonamides is 1. The van der Waals surface area contributed by atoms with E-state index in [1.165, 1.54) is 16.4 Å². The molecular weight excluding hydrogens is 333 g/mol. The predicted octanol–water partition coefficient (Wildman–Crippen LogP) is 3.40. The molecule has 0 atom stereocenters. The minimum absolute atomic E-state index is 0.173. The van der Waals surface area contributed by atoms with E-state index >= 15 is 0 Å². The first-order valence-electron chi connectivity index (χ1n) is 6.29. The summed E-state index contributed by atoms with van der Waals surface area (Å²) >= 11 is 3.13. The molecule has 0 spiro atoms. The molecule has 0 unspecified atom stereocenters. The lowest BCUT2D eigenvalue weighted by Crippen LogP contribution is -2.38. The van der Waals surface area contributed by atoms with Crippen LogP contribution in [0.25, 0.3) is 0 Å². The summed E-state index contributed by atoms with van der Waals surface area (Å²) in [7, 11) is -3.77. The molecule has 106 valence electrons. The number of halogens is 2. The van der Waals surface area contributed by atoms with Gasteiger partial charge in [-0.15, -0.1) is 0 Å². The van der Waals surface area contributed by atoms with Gasteiger partial charge in [-0.25, -0.2) is 12.8 Å². The first-order chi connectivity index (χ1) is 8.82. The van der Waals surface area contributed by atoms with Crippen molar-refractivity contribution in [1.82, 2.24) is 4.31 Å². The third kappa shape index (κ3) is 3.35. The summed E-state index contributed by atoms with van der Waals surface area (Å²) in [5, 5.41) is 0. The minimum Gasteiger partial charge on any atom is -0.207 e. The standard InChI is InChI=1S/C13H17BrFNO2S/c1-9(2)16(8-10-3-4-10)19(17,18)13-6-5-11(14)7-12(13)15/h5-7,9-10H,3-4,8H2,1-2H3. The lowest BCUT2D eigenvalue weighted by atomic mass is 10.3. The molecule has 1 saturated carbocycles. The molecule has 0 bridgehead atoms. The fourth-order valence-corrected chi connectivity index (χ4v) is 4.05. The zero-order valence-electron chi connectivity index (χ0n) is 10.9. The fraction of sp³-hybridized carbons (Fsp3) is 0.538. The van der Waals surface area contributed by atoms with E-state index < -0.39 is 15.8 Å². The van der Waals surface area contributed by atoms with Crippen LogP contribution in [0.3, 0.4) is 0 Å². The highest BCUT2D eigenvalue weighted by atomic mass is 79.9. The molecule has 1 aliphatic rings. The van der Waals surface area contributed by atoms with Crippen molar-refractivity contribution in [2.24, 2.45) is 5.92 Å². The molecule has 0 heterocycles. The van der Waals surface area contributed by atoms with Crippen molar-refractivity contribution < 1.29 is 12.8 Å². The topological polar surface area (TPSA) is 37.4 Å². The zero-order valence-corrected chi connectivity index (χ0v) is 13.3. The van der Waals surface area contributed by atoms with Crippen molar-refractivity contribution >= 4 is 26.0 Å². The Morgan fingerprint density at radius 3 is 2.53 bits per heavy atom. The molecule has 1 aromatic carbocycles. The smallest absolute Gasteiger partial charge is 0.207 e. The molecule has 3 nitrogen and oxygen atoms in total. The highest BCUT2D eigenvalue weighted by Gasteiger charge is 2.34. The van der Waals surface area contributed by atoms with Gasteiger partial charge in [0, 0.05) is 17.1 Å². The Kier molecular flexibility index (Phi) is 4.32. The summed E-state index contributed by atoms with van der Waals surface area (Å²) in [6.45, 7) is 4.11. The predicted molar refractivity (Wildman–Crippen MR) is 75.9 cm³/mol. The quantitative estimate of drug-likeness (QED) is 0.816.